The lowest BCUT2D eigenvalue weighted by Gasteiger charge is -2.10. The van der Waals surface area contributed by atoms with Gasteiger partial charge >= 0.3 is 0 Å². The normalized spacial score (nSPS) is 16.4. The standard InChI is InChI=1S/C18H16ClFN2O2S/c1-4-21-17(23)16(25-18(21)24)8-12-7-10(2)22(11(12)3)13-5-6-15(20)14(19)9-13/h5-9H,4H2,1-3H3. The molecule has 0 saturated carbocycles. The smallest absolute Gasteiger partial charge is 0.293 e. The predicted octanol–water partition coefficient (Wildman–Crippen LogP) is 4.94. The van der Waals surface area contributed by atoms with Crippen LogP contribution in [0.2, 0.25) is 5.02 Å². The van der Waals surface area contributed by atoms with Crippen LogP contribution in [-0.2, 0) is 4.79 Å². The number of carbonyl (C=O) groups is 2. The molecule has 7 heteroatoms. The summed E-state index contributed by atoms with van der Waals surface area (Å²) in [4.78, 5) is 25.7. The molecule has 130 valence electrons. The molecule has 0 N–H and O–H groups in total. The molecule has 0 aliphatic carbocycles. The number of hydrogen-bond acceptors (Lipinski definition) is 3. The summed E-state index contributed by atoms with van der Waals surface area (Å²) >= 11 is 6.83. The van der Waals surface area contributed by atoms with E-state index in [-0.39, 0.29) is 16.2 Å². The Kier molecular flexibility index (Phi) is 4.75. The summed E-state index contributed by atoms with van der Waals surface area (Å²) in [6.07, 6.45) is 1.73. The fraction of sp³-hybridized carbons (Fsp3) is 0.222. The molecule has 25 heavy (non-hydrogen) atoms. The maximum atomic E-state index is 13.4. The fourth-order valence-corrected chi connectivity index (χ4v) is 3.94. The van der Waals surface area contributed by atoms with Crippen molar-refractivity contribution < 1.29 is 14.0 Å². The molecule has 0 atom stereocenters. The summed E-state index contributed by atoms with van der Waals surface area (Å²) in [7, 11) is 0. The number of likely N-dealkylation sites (N-methyl/N-ethyl adjacent to an activating group) is 1. The van der Waals surface area contributed by atoms with Crippen LogP contribution >= 0.6 is 23.4 Å². The molecule has 0 radical (unpaired) electrons. The highest BCUT2D eigenvalue weighted by Gasteiger charge is 2.33. The zero-order valence-electron chi connectivity index (χ0n) is 14.0. The van der Waals surface area contributed by atoms with Crippen molar-refractivity contribution in [2.75, 3.05) is 6.54 Å². The van der Waals surface area contributed by atoms with Crippen molar-refractivity contribution in [3.05, 3.63) is 57.0 Å². The number of imide groups is 1. The minimum atomic E-state index is -0.471. The highest BCUT2D eigenvalue weighted by atomic mass is 35.5. The molecule has 0 bridgehead atoms. The summed E-state index contributed by atoms with van der Waals surface area (Å²) in [5, 5.41) is -0.200. The lowest BCUT2D eigenvalue weighted by atomic mass is 10.2. The summed E-state index contributed by atoms with van der Waals surface area (Å²) in [6.45, 7) is 5.94. The van der Waals surface area contributed by atoms with Crippen molar-refractivity contribution >= 4 is 40.6 Å². The Hall–Kier alpha value is -2.05. The average Bonchev–Trinajstić information content (AvgIpc) is 2.99. The van der Waals surface area contributed by atoms with Crippen LogP contribution in [0, 0.1) is 19.7 Å². The van der Waals surface area contributed by atoms with Crippen molar-refractivity contribution in [2.45, 2.75) is 20.8 Å². The Morgan fingerprint density at radius 3 is 2.56 bits per heavy atom. The highest BCUT2D eigenvalue weighted by molar-refractivity contribution is 8.18. The Labute approximate surface area is 154 Å². The molecule has 1 aliphatic heterocycles. The minimum Gasteiger partial charge on any atom is -0.318 e. The summed E-state index contributed by atoms with van der Waals surface area (Å²) in [5.41, 5.74) is 3.37. The maximum Gasteiger partial charge on any atom is 0.293 e. The summed E-state index contributed by atoms with van der Waals surface area (Å²) in [6, 6.07) is 6.46. The number of aryl methyl sites for hydroxylation is 1. The van der Waals surface area contributed by atoms with E-state index < -0.39 is 5.82 Å². The highest BCUT2D eigenvalue weighted by Crippen LogP contribution is 2.33. The molecule has 1 saturated heterocycles. The van der Waals surface area contributed by atoms with E-state index in [0.717, 1.165) is 34.4 Å². The Morgan fingerprint density at radius 1 is 1.24 bits per heavy atom. The van der Waals surface area contributed by atoms with Gasteiger partial charge in [0, 0.05) is 23.6 Å². The number of carbonyl (C=O) groups excluding carboxylic acids is 2. The van der Waals surface area contributed by atoms with Crippen LogP contribution in [0.5, 0.6) is 0 Å². The number of benzene rings is 1. The zero-order valence-corrected chi connectivity index (χ0v) is 15.5. The predicted molar refractivity (Wildman–Crippen MR) is 98.6 cm³/mol. The van der Waals surface area contributed by atoms with Crippen LogP contribution in [0.25, 0.3) is 11.8 Å². The first-order chi connectivity index (χ1) is 11.8. The van der Waals surface area contributed by atoms with E-state index in [9.17, 15) is 14.0 Å². The minimum absolute atomic E-state index is 0.0515. The molecule has 2 aromatic rings. The second-order valence-corrected chi connectivity index (χ2v) is 7.09. The molecule has 4 nitrogen and oxygen atoms in total. The largest absolute Gasteiger partial charge is 0.318 e. The van der Waals surface area contributed by atoms with Crippen LogP contribution in [0.15, 0.2) is 29.2 Å². The molecule has 2 amide bonds. The quantitative estimate of drug-likeness (QED) is 0.710. The number of hydrogen-bond donors (Lipinski definition) is 0. The van der Waals surface area contributed by atoms with Crippen molar-refractivity contribution in [3.8, 4) is 5.69 Å². The van der Waals surface area contributed by atoms with Crippen LogP contribution in [0.4, 0.5) is 9.18 Å². The van der Waals surface area contributed by atoms with Gasteiger partial charge < -0.3 is 4.57 Å². The van der Waals surface area contributed by atoms with Gasteiger partial charge in [-0.25, -0.2) is 4.39 Å². The lowest BCUT2D eigenvalue weighted by molar-refractivity contribution is -0.122. The van der Waals surface area contributed by atoms with Crippen LogP contribution in [-0.4, -0.2) is 27.2 Å². The first-order valence-corrected chi connectivity index (χ1v) is 8.92. The molecule has 3 rings (SSSR count). The molecule has 0 unspecified atom stereocenters. The van der Waals surface area contributed by atoms with Crippen molar-refractivity contribution in [1.82, 2.24) is 9.47 Å². The number of halogens is 2. The van der Waals surface area contributed by atoms with Crippen LogP contribution in [0.1, 0.15) is 23.9 Å². The van der Waals surface area contributed by atoms with Gasteiger partial charge in [0.25, 0.3) is 11.1 Å². The molecule has 1 fully saturated rings. The number of thioether (sulfide) groups is 1. The third kappa shape index (κ3) is 3.12. The Bertz CT molecular complexity index is 920. The third-order valence-corrected chi connectivity index (χ3v) is 5.31. The van der Waals surface area contributed by atoms with E-state index in [2.05, 4.69) is 0 Å². The van der Waals surface area contributed by atoms with Crippen LogP contribution < -0.4 is 0 Å². The Balaban J connectivity index is 2.03. The van der Waals surface area contributed by atoms with Gasteiger partial charge in [0.2, 0.25) is 0 Å². The van der Waals surface area contributed by atoms with Gasteiger partial charge in [-0.05, 0) is 68.4 Å². The molecule has 1 aromatic heterocycles. The first-order valence-electron chi connectivity index (χ1n) is 7.73. The summed E-state index contributed by atoms with van der Waals surface area (Å²) in [5.74, 6) is -0.742. The van der Waals surface area contributed by atoms with Crippen molar-refractivity contribution in [3.63, 3.8) is 0 Å². The van der Waals surface area contributed by atoms with E-state index in [0.29, 0.717) is 11.4 Å². The number of amides is 2. The van der Waals surface area contributed by atoms with E-state index in [4.69, 9.17) is 11.6 Å². The topological polar surface area (TPSA) is 42.3 Å². The van der Waals surface area contributed by atoms with Gasteiger partial charge in [-0.1, -0.05) is 11.6 Å². The van der Waals surface area contributed by atoms with E-state index >= 15 is 0 Å². The maximum absolute atomic E-state index is 13.4. The van der Waals surface area contributed by atoms with E-state index in [1.165, 1.54) is 11.0 Å². The van der Waals surface area contributed by atoms with E-state index in [1.807, 2.05) is 24.5 Å². The SMILES string of the molecule is CCN1C(=O)SC(=Cc2cc(C)n(-c3ccc(F)c(Cl)c3)c2C)C1=O. The number of aromatic nitrogens is 1. The first kappa shape index (κ1) is 17.8. The molecule has 0 spiro atoms. The van der Waals surface area contributed by atoms with Gasteiger partial charge in [-0.2, -0.15) is 0 Å². The second kappa shape index (κ2) is 6.69. The zero-order chi connectivity index (χ0) is 18.3. The molecule has 1 aromatic carbocycles. The fourth-order valence-electron chi connectivity index (χ4n) is 2.87. The lowest BCUT2D eigenvalue weighted by Crippen LogP contribution is -2.27. The summed E-state index contributed by atoms with van der Waals surface area (Å²) < 4.78 is 15.3. The van der Waals surface area contributed by atoms with Crippen molar-refractivity contribution in [2.24, 2.45) is 0 Å². The van der Waals surface area contributed by atoms with Gasteiger partial charge in [-0.3, -0.25) is 14.5 Å². The second-order valence-electron chi connectivity index (χ2n) is 5.69. The molecular formula is C18H16ClFN2O2S. The van der Waals surface area contributed by atoms with Crippen molar-refractivity contribution in [1.29, 1.82) is 0 Å². The van der Waals surface area contributed by atoms with Gasteiger partial charge in [0.05, 0.1) is 9.93 Å². The van der Waals surface area contributed by atoms with Crippen LogP contribution in [0.3, 0.4) is 0 Å². The third-order valence-electron chi connectivity index (χ3n) is 4.11. The molecule has 2 heterocycles. The van der Waals surface area contributed by atoms with E-state index in [1.54, 1.807) is 25.1 Å². The molecular weight excluding hydrogens is 363 g/mol. The van der Waals surface area contributed by atoms with Gasteiger partial charge in [-0.15, -0.1) is 0 Å². The van der Waals surface area contributed by atoms with Gasteiger partial charge in [0.1, 0.15) is 5.82 Å². The Morgan fingerprint density at radius 2 is 1.96 bits per heavy atom. The number of rotatable bonds is 3. The van der Waals surface area contributed by atoms with Gasteiger partial charge in [0.15, 0.2) is 0 Å². The number of nitrogens with zero attached hydrogens (tertiary/aromatic N) is 2. The monoisotopic (exact) mass is 378 g/mol. The molecule has 1 aliphatic rings. The average molecular weight is 379 g/mol.